The lowest BCUT2D eigenvalue weighted by Gasteiger charge is -2.40. The van der Waals surface area contributed by atoms with Crippen molar-refractivity contribution in [2.24, 2.45) is 0 Å². The maximum absolute atomic E-state index is 5.99. The van der Waals surface area contributed by atoms with Crippen LogP contribution in [-0.4, -0.2) is 58.2 Å². The van der Waals surface area contributed by atoms with E-state index in [0.717, 1.165) is 87.5 Å². The molecule has 0 radical (unpaired) electrons. The summed E-state index contributed by atoms with van der Waals surface area (Å²) in [4.78, 5) is 6.60. The molecule has 6 rings (SSSR count). The van der Waals surface area contributed by atoms with Gasteiger partial charge in [0, 0.05) is 48.4 Å². The number of benzene rings is 4. The molecule has 2 aliphatic rings. The molecule has 0 aromatic heterocycles. The first-order valence-corrected chi connectivity index (χ1v) is 23.9. The fourth-order valence-corrected chi connectivity index (χ4v) is 9.15. The highest BCUT2D eigenvalue weighted by atomic mass is 32.2. The van der Waals surface area contributed by atoms with E-state index in [1.807, 2.05) is 21.0 Å². The fraction of sp³-hybridized carbons (Fsp3) is 0.472. The number of anilines is 1. The van der Waals surface area contributed by atoms with Gasteiger partial charge in [0.05, 0.1) is 27.4 Å². The van der Waals surface area contributed by atoms with Crippen molar-refractivity contribution in [2.75, 3.05) is 52.1 Å². The van der Waals surface area contributed by atoms with E-state index >= 15 is 0 Å². The molecule has 0 saturated carbocycles. The third kappa shape index (κ3) is 11.7. The fourth-order valence-electron chi connectivity index (χ4n) is 8.74. The SMILES string of the molecule is CC.CCCCc1c(CCC)cc(C2C=C(CN3CCC(N(Cc4cccc(-c5cc(OC)c(OC)c(C(C)CC)c5)c4)c4ccc(SC)cc4)CC3)C=CN2)cc1OC. The van der Waals surface area contributed by atoms with Crippen LogP contribution < -0.4 is 24.4 Å². The predicted octanol–water partition coefficient (Wildman–Crippen LogP) is 13.2. The minimum Gasteiger partial charge on any atom is -0.496 e. The van der Waals surface area contributed by atoms with Gasteiger partial charge in [-0.05, 0) is 150 Å². The van der Waals surface area contributed by atoms with Crippen LogP contribution in [-0.2, 0) is 19.4 Å². The molecule has 2 heterocycles. The highest BCUT2D eigenvalue weighted by Gasteiger charge is 2.27. The first kappa shape index (κ1) is 46.7. The third-order valence-corrected chi connectivity index (χ3v) is 13.0. The Labute approximate surface area is 367 Å². The van der Waals surface area contributed by atoms with Gasteiger partial charge in [-0.1, -0.05) is 84.7 Å². The summed E-state index contributed by atoms with van der Waals surface area (Å²) in [5.41, 5.74) is 11.6. The number of likely N-dealkylation sites (tertiary alicyclic amines) is 1. The van der Waals surface area contributed by atoms with E-state index < -0.39 is 0 Å². The number of rotatable bonds is 19. The standard InChI is InChI=1S/C51H67N3O3S.C2H6/c1-9-12-17-46-40(14-10-2)30-42(33-49(46)55-5)48-29-38(22-25-52-48)34-53-26-23-44(24-27-53)54(43-18-20-45(58-8)21-19-43)35-37-15-13-16-39(28-37)41-31-47(36(4)11-3)51(57-7)50(32-41)56-6;1-2/h13,15-16,18-22,25,28-33,36,44,48,52H,9-12,14,17,23-24,26-27,34-35H2,1-8H3;1-2H3. The van der Waals surface area contributed by atoms with Gasteiger partial charge in [0.1, 0.15) is 5.75 Å². The maximum atomic E-state index is 5.99. The number of aryl methyl sites for hydroxylation is 1. The number of nitrogens with zero attached hydrogens (tertiary/aromatic N) is 2. The molecule has 6 nitrogen and oxygen atoms in total. The zero-order valence-electron chi connectivity index (χ0n) is 38.4. The van der Waals surface area contributed by atoms with Crippen LogP contribution in [0.4, 0.5) is 5.69 Å². The number of dihydropyridines is 1. The van der Waals surface area contributed by atoms with Crippen LogP contribution in [0.5, 0.6) is 17.2 Å². The molecule has 1 fully saturated rings. The summed E-state index contributed by atoms with van der Waals surface area (Å²) in [7, 11) is 5.29. The van der Waals surface area contributed by atoms with E-state index in [4.69, 9.17) is 14.2 Å². The topological polar surface area (TPSA) is 46.2 Å². The lowest BCUT2D eigenvalue weighted by atomic mass is 9.91. The van der Waals surface area contributed by atoms with Crippen molar-refractivity contribution in [1.29, 1.82) is 0 Å². The molecular formula is C53H73N3O3S. The molecule has 1 saturated heterocycles. The molecule has 4 aromatic rings. The Bertz CT molecular complexity index is 2000. The van der Waals surface area contributed by atoms with Crippen LogP contribution in [0.2, 0.25) is 0 Å². The first-order chi connectivity index (χ1) is 29.3. The zero-order chi connectivity index (χ0) is 43.0. The number of nitrogens with one attached hydrogen (secondary N) is 1. The summed E-state index contributed by atoms with van der Waals surface area (Å²) in [5.74, 6) is 3.02. The van der Waals surface area contributed by atoms with Crippen LogP contribution >= 0.6 is 11.8 Å². The van der Waals surface area contributed by atoms with Crippen molar-refractivity contribution in [1.82, 2.24) is 10.2 Å². The Hall–Kier alpha value is -4.33. The van der Waals surface area contributed by atoms with Crippen LogP contribution in [0.3, 0.4) is 0 Å². The number of thioether (sulfide) groups is 1. The highest BCUT2D eigenvalue weighted by Crippen LogP contribution is 2.41. The molecule has 2 aliphatic heterocycles. The number of unbranched alkanes of at least 4 members (excludes halogenated alkanes) is 1. The number of hydrogen-bond donors (Lipinski definition) is 1. The van der Waals surface area contributed by atoms with E-state index in [1.165, 1.54) is 62.4 Å². The van der Waals surface area contributed by atoms with Crippen LogP contribution in [0, 0.1) is 0 Å². The molecule has 4 aromatic carbocycles. The van der Waals surface area contributed by atoms with E-state index in [9.17, 15) is 0 Å². The molecule has 2 atom stereocenters. The zero-order valence-corrected chi connectivity index (χ0v) is 39.2. The number of ether oxygens (including phenoxy) is 3. The van der Waals surface area contributed by atoms with Gasteiger partial charge in [-0.2, -0.15) is 0 Å². The van der Waals surface area contributed by atoms with E-state index in [-0.39, 0.29) is 6.04 Å². The highest BCUT2D eigenvalue weighted by molar-refractivity contribution is 7.98. The third-order valence-electron chi connectivity index (χ3n) is 12.2. The molecule has 324 valence electrons. The Morgan fingerprint density at radius 3 is 2.23 bits per heavy atom. The molecule has 2 unspecified atom stereocenters. The van der Waals surface area contributed by atoms with Crippen molar-refractivity contribution < 1.29 is 14.2 Å². The minimum atomic E-state index is 0.137. The van der Waals surface area contributed by atoms with Gasteiger partial charge in [-0.25, -0.2) is 0 Å². The Morgan fingerprint density at radius 2 is 1.58 bits per heavy atom. The van der Waals surface area contributed by atoms with Crippen molar-refractivity contribution in [3.05, 3.63) is 125 Å². The van der Waals surface area contributed by atoms with Gasteiger partial charge in [0.25, 0.3) is 0 Å². The second kappa shape index (κ2) is 23.6. The quantitative estimate of drug-likeness (QED) is 0.0944. The van der Waals surface area contributed by atoms with Crippen molar-refractivity contribution in [3.63, 3.8) is 0 Å². The van der Waals surface area contributed by atoms with Gasteiger partial charge >= 0.3 is 0 Å². The first-order valence-electron chi connectivity index (χ1n) is 22.6. The lowest BCUT2D eigenvalue weighted by molar-refractivity contribution is 0.224. The van der Waals surface area contributed by atoms with Gasteiger partial charge < -0.3 is 24.4 Å². The largest absolute Gasteiger partial charge is 0.496 e. The van der Waals surface area contributed by atoms with E-state index in [1.54, 1.807) is 26.0 Å². The summed E-state index contributed by atoms with van der Waals surface area (Å²) >= 11 is 1.80. The molecule has 60 heavy (non-hydrogen) atoms. The Balaban J connectivity index is 0.00000336. The molecule has 0 aliphatic carbocycles. The lowest BCUT2D eigenvalue weighted by Crippen LogP contribution is -2.45. The minimum absolute atomic E-state index is 0.137. The second-order valence-corrected chi connectivity index (χ2v) is 17.0. The van der Waals surface area contributed by atoms with Gasteiger partial charge in [-0.3, -0.25) is 4.90 Å². The average molecular weight is 832 g/mol. The van der Waals surface area contributed by atoms with Crippen molar-refractivity contribution >= 4 is 17.4 Å². The molecule has 0 bridgehead atoms. The van der Waals surface area contributed by atoms with Crippen molar-refractivity contribution in [3.8, 4) is 28.4 Å². The summed E-state index contributed by atoms with van der Waals surface area (Å²) < 4.78 is 17.7. The summed E-state index contributed by atoms with van der Waals surface area (Å²) in [6.45, 7) is 17.0. The summed E-state index contributed by atoms with van der Waals surface area (Å²) in [5, 5.41) is 3.64. The van der Waals surface area contributed by atoms with Crippen molar-refractivity contribution in [2.45, 2.75) is 122 Å². The average Bonchev–Trinajstić information content (AvgIpc) is 3.30. The van der Waals surface area contributed by atoms with Crippen LogP contribution in [0.25, 0.3) is 11.1 Å². The molecular weight excluding hydrogens is 759 g/mol. The maximum Gasteiger partial charge on any atom is 0.164 e. The number of piperidine rings is 1. The normalized spacial score (nSPS) is 16.0. The Morgan fingerprint density at radius 1 is 0.833 bits per heavy atom. The molecule has 0 amide bonds. The Kier molecular flexibility index (Phi) is 18.4. The van der Waals surface area contributed by atoms with Gasteiger partial charge in [0.2, 0.25) is 0 Å². The van der Waals surface area contributed by atoms with E-state index in [0.29, 0.717) is 12.0 Å². The van der Waals surface area contributed by atoms with Gasteiger partial charge in [0.15, 0.2) is 11.5 Å². The molecule has 7 heteroatoms. The monoisotopic (exact) mass is 832 g/mol. The van der Waals surface area contributed by atoms with Crippen LogP contribution in [0.1, 0.15) is 120 Å². The molecule has 0 spiro atoms. The summed E-state index contributed by atoms with van der Waals surface area (Å²) in [6.07, 6.45) is 17.9. The predicted molar refractivity (Wildman–Crippen MR) is 258 cm³/mol. The van der Waals surface area contributed by atoms with Gasteiger partial charge in [-0.15, -0.1) is 11.8 Å². The second-order valence-electron chi connectivity index (χ2n) is 16.1. The smallest absolute Gasteiger partial charge is 0.164 e. The molecule has 1 N–H and O–H groups in total. The van der Waals surface area contributed by atoms with Crippen LogP contribution in [0.15, 0.2) is 102 Å². The number of methoxy groups -OCH3 is 3. The van der Waals surface area contributed by atoms with E-state index in [2.05, 4.69) is 140 Å². The summed E-state index contributed by atoms with van der Waals surface area (Å²) in [6, 6.07) is 27.9. The number of hydrogen-bond acceptors (Lipinski definition) is 7.